The minimum Gasteiger partial charge on any atom is -0.394 e. The number of aliphatic hydroxyl groups excluding tert-OH is 1. The Bertz CT molecular complexity index is 355. The highest BCUT2D eigenvalue weighted by Gasteiger charge is 2.10. The second-order valence-electron chi connectivity index (χ2n) is 4.50. The lowest BCUT2D eigenvalue weighted by Crippen LogP contribution is -2.31. The van der Waals surface area contributed by atoms with Gasteiger partial charge in [-0.25, -0.2) is 4.39 Å². The van der Waals surface area contributed by atoms with E-state index in [1.54, 1.807) is 19.1 Å². The van der Waals surface area contributed by atoms with Crippen molar-refractivity contribution in [1.82, 2.24) is 10.2 Å². The van der Waals surface area contributed by atoms with Gasteiger partial charge < -0.3 is 15.3 Å². The third kappa shape index (κ3) is 4.42. The van der Waals surface area contributed by atoms with Crippen LogP contribution in [0.1, 0.15) is 17.2 Å². The van der Waals surface area contributed by atoms with Crippen LogP contribution in [0.5, 0.6) is 0 Å². The van der Waals surface area contributed by atoms with E-state index in [9.17, 15) is 9.50 Å². The van der Waals surface area contributed by atoms with Crippen molar-refractivity contribution >= 4 is 0 Å². The predicted molar refractivity (Wildman–Crippen MR) is 67.5 cm³/mol. The van der Waals surface area contributed by atoms with Crippen molar-refractivity contribution in [2.45, 2.75) is 13.0 Å². The summed E-state index contributed by atoms with van der Waals surface area (Å²) in [6, 6.07) is 4.81. The van der Waals surface area contributed by atoms with E-state index < -0.39 is 0 Å². The van der Waals surface area contributed by atoms with E-state index in [0.717, 1.165) is 18.7 Å². The lowest BCUT2D eigenvalue weighted by molar-refractivity contribution is 0.240. The van der Waals surface area contributed by atoms with E-state index in [4.69, 9.17) is 0 Å². The van der Waals surface area contributed by atoms with Crippen molar-refractivity contribution in [1.29, 1.82) is 0 Å². The zero-order valence-electron chi connectivity index (χ0n) is 10.7. The summed E-state index contributed by atoms with van der Waals surface area (Å²) in [5.74, 6) is -0.210. The molecule has 0 aliphatic carbocycles. The van der Waals surface area contributed by atoms with Crippen LogP contribution in [0.25, 0.3) is 0 Å². The number of halogens is 1. The Labute approximate surface area is 102 Å². The second kappa shape index (κ2) is 6.69. The average molecular weight is 240 g/mol. The van der Waals surface area contributed by atoms with E-state index in [2.05, 4.69) is 10.2 Å². The normalized spacial score (nSPS) is 13.1. The minimum absolute atomic E-state index is 0.0124. The molecule has 1 unspecified atom stereocenters. The standard InChI is InChI=1S/C13H21FN2O/c1-10-8-11(4-5-12(10)14)13(9-17)15-6-7-16(2)3/h4-5,8,13,15,17H,6-7,9H2,1-3H3. The van der Waals surface area contributed by atoms with Gasteiger partial charge in [-0.3, -0.25) is 0 Å². The van der Waals surface area contributed by atoms with E-state index >= 15 is 0 Å². The SMILES string of the molecule is Cc1cc(C(CO)NCCN(C)C)ccc1F. The van der Waals surface area contributed by atoms with Gasteiger partial charge in [-0.1, -0.05) is 12.1 Å². The quantitative estimate of drug-likeness (QED) is 0.787. The average Bonchev–Trinajstić information content (AvgIpc) is 2.28. The first-order chi connectivity index (χ1) is 8.04. The van der Waals surface area contributed by atoms with E-state index in [0.29, 0.717) is 5.56 Å². The smallest absolute Gasteiger partial charge is 0.126 e. The molecule has 0 saturated heterocycles. The molecule has 17 heavy (non-hydrogen) atoms. The highest BCUT2D eigenvalue weighted by molar-refractivity contribution is 5.26. The Morgan fingerprint density at radius 3 is 2.65 bits per heavy atom. The van der Waals surface area contributed by atoms with Gasteiger partial charge in [-0.2, -0.15) is 0 Å². The molecule has 0 bridgehead atoms. The Kier molecular flexibility index (Phi) is 5.55. The monoisotopic (exact) mass is 240 g/mol. The molecule has 4 heteroatoms. The van der Waals surface area contributed by atoms with Crippen molar-refractivity contribution in [2.24, 2.45) is 0 Å². The molecule has 1 aromatic rings. The van der Waals surface area contributed by atoms with E-state index in [-0.39, 0.29) is 18.5 Å². The van der Waals surface area contributed by atoms with Gasteiger partial charge >= 0.3 is 0 Å². The summed E-state index contributed by atoms with van der Waals surface area (Å²) in [5.41, 5.74) is 1.53. The first-order valence-corrected chi connectivity index (χ1v) is 5.79. The molecule has 2 N–H and O–H groups in total. The van der Waals surface area contributed by atoms with Crippen LogP contribution in [0.15, 0.2) is 18.2 Å². The van der Waals surface area contributed by atoms with E-state index in [1.807, 2.05) is 14.1 Å². The number of aliphatic hydroxyl groups is 1. The van der Waals surface area contributed by atoms with Crippen LogP contribution in [0.2, 0.25) is 0 Å². The summed E-state index contributed by atoms with van der Waals surface area (Å²) in [6.07, 6.45) is 0. The minimum atomic E-state index is -0.210. The predicted octanol–water partition coefficient (Wildman–Crippen LogP) is 1.32. The fourth-order valence-electron chi connectivity index (χ4n) is 1.63. The van der Waals surface area contributed by atoms with Crippen molar-refractivity contribution in [2.75, 3.05) is 33.8 Å². The highest BCUT2D eigenvalue weighted by atomic mass is 19.1. The van der Waals surface area contributed by atoms with Gasteiger partial charge in [-0.05, 0) is 38.2 Å². The molecule has 0 amide bonds. The Morgan fingerprint density at radius 1 is 1.41 bits per heavy atom. The topological polar surface area (TPSA) is 35.5 Å². The van der Waals surface area contributed by atoms with Gasteiger partial charge in [0, 0.05) is 13.1 Å². The molecule has 0 spiro atoms. The largest absolute Gasteiger partial charge is 0.394 e. The number of nitrogens with zero attached hydrogens (tertiary/aromatic N) is 1. The fraction of sp³-hybridized carbons (Fsp3) is 0.538. The highest BCUT2D eigenvalue weighted by Crippen LogP contribution is 2.16. The van der Waals surface area contributed by atoms with Crippen molar-refractivity contribution in [3.63, 3.8) is 0 Å². The molecular formula is C13H21FN2O. The number of likely N-dealkylation sites (N-methyl/N-ethyl adjacent to an activating group) is 1. The molecule has 0 saturated carbocycles. The molecule has 1 rings (SSSR count). The molecule has 0 aliphatic rings. The summed E-state index contributed by atoms with van der Waals surface area (Å²) in [6.45, 7) is 3.43. The molecule has 0 aliphatic heterocycles. The third-order valence-corrected chi connectivity index (χ3v) is 2.72. The second-order valence-corrected chi connectivity index (χ2v) is 4.50. The van der Waals surface area contributed by atoms with Crippen molar-refractivity contribution in [3.05, 3.63) is 35.1 Å². The summed E-state index contributed by atoms with van der Waals surface area (Å²) < 4.78 is 13.1. The van der Waals surface area contributed by atoms with Crippen LogP contribution in [0.4, 0.5) is 4.39 Å². The molecule has 0 heterocycles. The van der Waals surface area contributed by atoms with Crippen LogP contribution in [0, 0.1) is 12.7 Å². The molecule has 0 aromatic heterocycles. The summed E-state index contributed by atoms with van der Waals surface area (Å²) in [7, 11) is 4.00. The van der Waals surface area contributed by atoms with Gasteiger partial charge in [0.15, 0.2) is 0 Å². The van der Waals surface area contributed by atoms with Crippen LogP contribution in [0.3, 0.4) is 0 Å². The van der Waals surface area contributed by atoms with Crippen molar-refractivity contribution < 1.29 is 9.50 Å². The number of aryl methyl sites for hydroxylation is 1. The summed E-state index contributed by atoms with van der Waals surface area (Å²) in [5, 5.41) is 12.6. The maximum atomic E-state index is 13.1. The molecule has 1 atom stereocenters. The van der Waals surface area contributed by atoms with Gasteiger partial charge in [0.2, 0.25) is 0 Å². The molecule has 1 aromatic carbocycles. The van der Waals surface area contributed by atoms with Gasteiger partial charge in [0.1, 0.15) is 5.82 Å². The van der Waals surface area contributed by atoms with Crippen molar-refractivity contribution in [3.8, 4) is 0 Å². The van der Waals surface area contributed by atoms with Crippen LogP contribution >= 0.6 is 0 Å². The molecular weight excluding hydrogens is 219 g/mol. The lowest BCUT2D eigenvalue weighted by Gasteiger charge is -2.19. The number of rotatable bonds is 6. The Balaban J connectivity index is 2.62. The Hall–Kier alpha value is -0.970. The number of benzene rings is 1. The van der Waals surface area contributed by atoms with Crippen LogP contribution < -0.4 is 5.32 Å². The zero-order chi connectivity index (χ0) is 12.8. The first kappa shape index (κ1) is 14.1. The molecule has 0 fully saturated rings. The number of nitrogens with one attached hydrogen (secondary N) is 1. The van der Waals surface area contributed by atoms with E-state index in [1.165, 1.54) is 6.07 Å². The van der Waals surface area contributed by atoms with Gasteiger partial charge in [-0.15, -0.1) is 0 Å². The fourth-order valence-corrected chi connectivity index (χ4v) is 1.63. The molecule has 96 valence electrons. The maximum Gasteiger partial charge on any atom is 0.126 e. The summed E-state index contributed by atoms with van der Waals surface area (Å²) >= 11 is 0. The number of hydrogen-bond donors (Lipinski definition) is 2. The van der Waals surface area contributed by atoms with Crippen LogP contribution in [-0.4, -0.2) is 43.8 Å². The number of hydrogen-bond acceptors (Lipinski definition) is 3. The maximum absolute atomic E-state index is 13.1. The lowest BCUT2D eigenvalue weighted by atomic mass is 10.0. The first-order valence-electron chi connectivity index (χ1n) is 5.79. The molecule has 0 radical (unpaired) electrons. The van der Waals surface area contributed by atoms with Gasteiger partial charge in [0.25, 0.3) is 0 Å². The Morgan fingerprint density at radius 2 is 2.12 bits per heavy atom. The molecule has 3 nitrogen and oxygen atoms in total. The summed E-state index contributed by atoms with van der Waals surface area (Å²) in [4.78, 5) is 2.07. The van der Waals surface area contributed by atoms with Gasteiger partial charge in [0.05, 0.1) is 12.6 Å². The zero-order valence-corrected chi connectivity index (χ0v) is 10.7. The van der Waals surface area contributed by atoms with Crippen LogP contribution in [-0.2, 0) is 0 Å². The third-order valence-electron chi connectivity index (χ3n) is 2.72.